The van der Waals surface area contributed by atoms with Gasteiger partial charge in [-0.05, 0) is 18.0 Å². The number of anilines is 1. The minimum Gasteiger partial charge on any atom is -0.396 e. The Bertz CT molecular complexity index is 731. The first-order valence-electron chi connectivity index (χ1n) is 6.67. The lowest BCUT2D eigenvalue weighted by molar-refractivity contribution is -0.124. The van der Waals surface area contributed by atoms with Gasteiger partial charge in [0.2, 0.25) is 5.28 Å². The topological polar surface area (TPSA) is 107 Å². The molecule has 8 heteroatoms. The minimum absolute atomic E-state index is 0.0187. The molecular formula is C13H16ClN5O2. The predicted molar refractivity (Wildman–Crippen MR) is 77.8 cm³/mol. The molecule has 0 amide bonds. The summed E-state index contributed by atoms with van der Waals surface area (Å²) in [6.45, 7) is 3.71. The van der Waals surface area contributed by atoms with Crippen LogP contribution in [0.2, 0.25) is 5.28 Å². The number of Topliss-reactive ketones (excluding diaryl/α,β-unsaturated/α-hetero) is 1. The molecule has 0 aromatic carbocycles. The van der Waals surface area contributed by atoms with E-state index < -0.39 is 11.5 Å². The second kappa shape index (κ2) is 4.64. The first kappa shape index (κ1) is 14.2. The number of aliphatic hydroxyl groups excluding tert-OH is 1. The van der Waals surface area contributed by atoms with Crippen LogP contribution in [0.5, 0.6) is 0 Å². The molecule has 0 radical (unpaired) electrons. The molecule has 3 unspecified atom stereocenters. The number of carbonyl (C=O) groups excluding carboxylic acids is 1. The van der Waals surface area contributed by atoms with Crippen LogP contribution in [-0.2, 0) is 4.79 Å². The number of nitrogen functional groups attached to an aromatic ring is 1. The number of hydrogen-bond acceptors (Lipinski definition) is 6. The molecule has 0 bridgehead atoms. The summed E-state index contributed by atoms with van der Waals surface area (Å²) in [5.74, 6) is 0.00549. The molecule has 1 aliphatic carbocycles. The van der Waals surface area contributed by atoms with Gasteiger partial charge in [0.25, 0.3) is 0 Å². The van der Waals surface area contributed by atoms with Crippen LogP contribution in [0.4, 0.5) is 5.82 Å². The number of aliphatic hydroxyl groups is 1. The summed E-state index contributed by atoms with van der Waals surface area (Å²) in [5, 5.41) is 9.61. The molecule has 3 N–H and O–H groups in total. The highest BCUT2D eigenvalue weighted by Gasteiger charge is 2.48. The number of nitrogens with zero attached hydrogens (tertiary/aromatic N) is 4. The summed E-state index contributed by atoms with van der Waals surface area (Å²) in [4.78, 5) is 24.7. The van der Waals surface area contributed by atoms with Crippen molar-refractivity contribution < 1.29 is 9.90 Å². The van der Waals surface area contributed by atoms with E-state index in [9.17, 15) is 9.90 Å². The van der Waals surface area contributed by atoms with Gasteiger partial charge in [0.1, 0.15) is 5.52 Å². The van der Waals surface area contributed by atoms with Crippen molar-refractivity contribution in [3.63, 3.8) is 0 Å². The molecule has 1 fully saturated rings. The molecule has 1 aliphatic rings. The molecule has 2 heterocycles. The summed E-state index contributed by atoms with van der Waals surface area (Å²) in [6.07, 6.45) is 2.06. The van der Waals surface area contributed by atoms with Gasteiger partial charge in [-0.3, -0.25) is 4.79 Å². The van der Waals surface area contributed by atoms with Crippen molar-refractivity contribution in [1.82, 2.24) is 19.5 Å². The first-order valence-corrected chi connectivity index (χ1v) is 7.05. The van der Waals surface area contributed by atoms with Crippen LogP contribution in [0, 0.1) is 11.3 Å². The van der Waals surface area contributed by atoms with Gasteiger partial charge in [0.15, 0.2) is 17.2 Å². The number of halogens is 1. The fourth-order valence-corrected chi connectivity index (χ4v) is 3.10. The molecule has 2 aromatic rings. The fourth-order valence-electron chi connectivity index (χ4n) is 2.93. The van der Waals surface area contributed by atoms with Crippen LogP contribution in [0.3, 0.4) is 0 Å². The Morgan fingerprint density at radius 2 is 2.29 bits per heavy atom. The van der Waals surface area contributed by atoms with Crippen molar-refractivity contribution in [3.05, 3.63) is 11.6 Å². The molecule has 3 rings (SSSR count). The van der Waals surface area contributed by atoms with Gasteiger partial charge in [-0.25, -0.2) is 4.98 Å². The summed E-state index contributed by atoms with van der Waals surface area (Å²) in [5.41, 5.74) is 6.20. The second-order valence-corrected chi connectivity index (χ2v) is 6.20. The number of ketones is 1. The Kier molecular flexibility index (Phi) is 3.14. The van der Waals surface area contributed by atoms with E-state index in [2.05, 4.69) is 15.0 Å². The predicted octanol–water partition coefficient (Wildman–Crippen LogP) is 1.21. The first-order chi connectivity index (χ1) is 9.87. The zero-order valence-electron chi connectivity index (χ0n) is 11.7. The van der Waals surface area contributed by atoms with E-state index in [1.54, 1.807) is 4.57 Å². The lowest BCUT2D eigenvalue weighted by atomic mass is 9.81. The van der Waals surface area contributed by atoms with Crippen LogP contribution in [0.25, 0.3) is 11.2 Å². The zero-order valence-corrected chi connectivity index (χ0v) is 12.5. The molecule has 3 atom stereocenters. The lowest BCUT2D eigenvalue weighted by Gasteiger charge is -2.24. The molecule has 2 aromatic heterocycles. The van der Waals surface area contributed by atoms with Crippen LogP contribution in [-0.4, -0.2) is 37.0 Å². The van der Waals surface area contributed by atoms with Crippen LogP contribution in [0.1, 0.15) is 26.3 Å². The Labute approximate surface area is 126 Å². The van der Waals surface area contributed by atoms with Gasteiger partial charge in [0, 0.05) is 17.9 Å². The van der Waals surface area contributed by atoms with Gasteiger partial charge in [-0.1, -0.05) is 13.8 Å². The molecule has 0 saturated heterocycles. The number of carbonyl (C=O) groups is 1. The number of fused-ring (bicyclic) bond motifs is 1. The maximum Gasteiger partial charge on any atom is 0.226 e. The lowest BCUT2D eigenvalue weighted by Crippen LogP contribution is -2.26. The van der Waals surface area contributed by atoms with Crippen molar-refractivity contribution in [2.45, 2.75) is 26.3 Å². The summed E-state index contributed by atoms with van der Waals surface area (Å²) < 4.78 is 1.68. The normalized spacial score (nSPS) is 29.4. The second-order valence-electron chi connectivity index (χ2n) is 5.86. The van der Waals surface area contributed by atoms with E-state index in [4.69, 9.17) is 17.3 Å². The zero-order chi connectivity index (χ0) is 15.4. The van der Waals surface area contributed by atoms with Crippen molar-refractivity contribution in [1.29, 1.82) is 0 Å². The highest BCUT2D eigenvalue weighted by Crippen LogP contribution is 2.46. The van der Waals surface area contributed by atoms with Crippen molar-refractivity contribution in [2.24, 2.45) is 11.3 Å². The van der Waals surface area contributed by atoms with Gasteiger partial charge >= 0.3 is 0 Å². The number of rotatable bonds is 2. The summed E-state index contributed by atoms with van der Waals surface area (Å²) in [6, 6.07) is -0.424. The third-order valence-corrected chi connectivity index (χ3v) is 4.75. The Morgan fingerprint density at radius 3 is 2.90 bits per heavy atom. The number of nitrogens with two attached hydrogens (primary N) is 1. The fraction of sp³-hybridized carbons (Fsp3) is 0.538. The van der Waals surface area contributed by atoms with Crippen LogP contribution in [0.15, 0.2) is 6.33 Å². The van der Waals surface area contributed by atoms with E-state index in [-0.39, 0.29) is 29.4 Å². The third kappa shape index (κ3) is 1.99. The molecule has 1 saturated carbocycles. The van der Waals surface area contributed by atoms with E-state index >= 15 is 0 Å². The molecular weight excluding hydrogens is 294 g/mol. The van der Waals surface area contributed by atoms with Crippen molar-refractivity contribution in [3.8, 4) is 0 Å². The molecule has 7 nitrogen and oxygen atoms in total. The molecule has 112 valence electrons. The van der Waals surface area contributed by atoms with Crippen LogP contribution < -0.4 is 5.73 Å². The Balaban J connectivity index is 2.12. The standard InChI is InChI=1S/C13H16ClN5O2/c1-6-9(21)7(3-13(6,2)4-20)19-5-16-8-10(15)17-12(14)18-11(8)19/h5-7,20H,3-4H2,1-2H3,(H2,15,17,18). The summed E-state index contributed by atoms with van der Waals surface area (Å²) >= 11 is 5.84. The minimum atomic E-state index is -0.444. The van der Waals surface area contributed by atoms with E-state index in [0.717, 1.165) is 0 Å². The van der Waals surface area contributed by atoms with Crippen molar-refractivity contribution >= 4 is 34.4 Å². The van der Waals surface area contributed by atoms with Crippen molar-refractivity contribution in [2.75, 3.05) is 12.3 Å². The van der Waals surface area contributed by atoms with Gasteiger partial charge in [-0.2, -0.15) is 9.97 Å². The van der Waals surface area contributed by atoms with E-state index in [1.807, 2.05) is 13.8 Å². The smallest absolute Gasteiger partial charge is 0.226 e. The van der Waals surface area contributed by atoms with E-state index in [0.29, 0.717) is 17.6 Å². The van der Waals surface area contributed by atoms with Gasteiger partial charge < -0.3 is 15.4 Å². The maximum absolute atomic E-state index is 12.5. The van der Waals surface area contributed by atoms with Gasteiger partial charge in [0.05, 0.1) is 12.4 Å². The quantitative estimate of drug-likeness (QED) is 0.807. The highest BCUT2D eigenvalue weighted by atomic mass is 35.5. The van der Waals surface area contributed by atoms with Crippen LogP contribution >= 0.6 is 11.6 Å². The monoisotopic (exact) mass is 309 g/mol. The molecule has 0 aliphatic heterocycles. The average molecular weight is 310 g/mol. The number of hydrogen-bond donors (Lipinski definition) is 2. The molecule has 21 heavy (non-hydrogen) atoms. The Morgan fingerprint density at radius 1 is 1.57 bits per heavy atom. The third-order valence-electron chi connectivity index (χ3n) is 4.58. The molecule has 0 spiro atoms. The average Bonchev–Trinajstić information content (AvgIpc) is 2.95. The number of imidazole rings is 1. The van der Waals surface area contributed by atoms with E-state index in [1.165, 1.54) is 6.33 Å². The summed E-state index contributed by atoms with van der Waals surface area (Å²) in [7, 11) is 0. The maximum atomic E-state index is 12.5. The highest BCUT2D eigenvalue weighted by molar-refractivity contribution is 6.28. The number of aromatic nitrogens is 4. The van der Waals surface area contributed by atoms with Gasteiger partial charge in [-0.15, -0.1) is 0 Å². The Hall–Kier alpha value is -1.73. The SMILES string of the molecule is CC1C(=O)C(n2cnc3c(N)nc(Cl)nc32)CC1(C)CO. The largest absolute Gasteiger partial charge is 0.396 e.